The van der Waals surface area contributed by atoms with Crippen molar-refractivity contribution >= 4 is 15.7 Å². The SMILES string of the molecule is Cc1ccccc1Cn1nc(C)c(NS(=O)(=O)c2ccc(CC(C)C)cc2)c1C. The summed E-state index contributed by atoms with van der Waals surface area (Å²) in [6.07, 6.45) is 0.928. The zero-order valence-electron chi connectivity index (χ0n) is 17.7. The monoisotopic (exact) mass is 411 g/mol. The maximum atomic E-state index is 12.9. The Balaban J connectivity index is 1.84. The molecule has 0 saturated carbocycles. The Morgan fingerprint density at radius 1 is 1.00 bits per heavy atom. The van der Waals surface area contributed by atoms with E-state index in [0.29, 0.717) is 23.8 Å². The van der Waals surface area contributed by atoms with Gasteiger partial charge in [0.2, 0.25) is 0 Å². The average Bonchev–Trinajstić information content (AvgIpc) is 2.91. The molecule has 1 heterocycles. The first kappa shape index (κ1) is 21.1. The van der Waals surface area contributed by atoms with Crippen LogP contribution in [0, 0.1) is 26.7 Å². The summed E-state index contributed by atoms with van der Waals surface area (Å²) in [5, 5.41) is 4.56. The van der Waals surface area contributed by atoms with Gasteiger partial charge >= 0.3 is 0 Å². The Morgan fingerprint density at radius 3 is 2.28 bits per heavy atom. The van der Waals surface area contributed by atoms with Gasteiger partial charge in [0.05, 0.1) is 28.5 Å². The number of hydrogen-bond acceptors (Lipinski definition) is 3. The average molecular weight is 412 g/mol. The molecule has 0 aliphatic heterocycles. The third-order valence-corrected chi connectivity index (χ3v) is 6.44. The van der Waals surface area contributed by atoms with Crippen molar-refractivity contribution in [1.82, 2.24) is 9.78 Å². The van der Waals surface area contributed by atoms with Gasteiger partial charge in [-0.1, -0.05) is 50.2 Å². The molecular weight excluding hydrogens is 382 g/mol. The largest absolute Gasteiger partial charge is 0.276 e. The summed E-state index contributed by atoms with van der Waals surface area (Å²) < 4.78 is 30.4. The molecule has 0 atom stereocenters. The Hall–Kier alpha value is -2.60. The van der Waals surface area contributed by atoms with Crippen molar-refractivity contribution in [3.8, 4) is 0 Å². The second kappa shape index (κ2) is 8.41. The third-order valence-electron chi connectivity index (χ3n) is 5.08. The lowest BCUT2D eigenvalue weighted by molar-refractivity contribution is 0.601. The molecule has 1 aromatic heterocycles. The highest BCUT2D eigenvalue weighted by atomic mass is 32.2. The van der Waals surface area contributed by atoms with Crippen LogP contribution in [0.3, 0.4) is 0 Å². The first-order valence-corrected chi connectivity index (χ1v) is 11.4. The number of nitrogens with one attached hydrogen (secondary N) is 1. The summed E-state index contributed by atoms with van der Waals surface area (Å²) in [5.41, 5.74) is 5.49. The van der Waals surface area contributed by atoms with Gasteiger partial charge in [0.15, 0.2) is 0 Å². The van der Waals surface area contributed by atoms with Crippen molar-refractivity contribution in [1.29, 1.82) is 0 Å². The van der Waals surface area contributed by atoms with Gasteiger partial charge in [-0.25, -0.2) is 8.42 Å². The molecule has 6 heteroatoms. The molecule has 3 aromatic rings. The molecule has 29 heavy (non-hydrogen) atoms. The van der Waals surface area contributed by atoms with Gasteiger partial charge < -0.3 is 0 Å². The van der Waals surface area contributed by atoms with E-state index in [-0.39, 0.29) is 4.90 Å². The van der Waals surface area contributed by atoms with E-state index in [1.165, 1.54) is 5.56 Å². The number of anilines is 1. The summed E-state index contributed by atoms with van der Waals surface area (Å²) in [4.78, 5) is 0.260. The van der Waals surface area contributed by atoms with E-state index in [4.69, 9.17) is 0 Å². The Kier molecular flexibility index (Phi) is 6.13. The van der Waals surface area contributed by atoms with Crippen LogP contribution >= 0.6 is 0 Å². The molecule has 2 aromatic carbocycles. The van der Waals surface area contributed by atoms with Crippen molar-refractivity contribution < 1.29 is 8.42 Å². The van der Waals surface area contributed by atoms with Crippen LogP contribution in [0.2, 0.25) is 0 Å². The normalized spacial score (nSPS) is 11.8. The third kappa shape index (κ3) is 4.88. The van der Waals surface area contributed by atoms with Crippen molar-refractivity contribution in [3.63, 3.8) is 0 Å². The van der Waals surface area contributed by atoms with E-state index in [1.807, 2.05) is 42.8 Å². The van der Waals surface area contributed by atoms with Gasteiger partial charge in [0.25, 0.3) is 10.0 Å². The molecule has 0 saturated heterocycles. The highest BCUT2D eigenvalue weighted by molar-refractivity contribution is 7.92. The van der Waals surface area contributed by atoms with Crippen LogP contribution in [0.5, 0.6) is 0 Å². The van der Waals surface area contributed by atoms with Crippen molar-refractivity contribution in [3.05, 3.63) is 76.6 Å². The maximum absolute atomic E-state index is 12.9. The maximum Gasteiger partial charge on any atom is 0.262 e. The topological polar surface area (TPSA) is 64.0 Å². The van der Waals surface area contributed by atoms with Gasteiger partial charge in [-0.05, 0) is 61.9 Å². The summed E-state index contributed by atoms with van der Waals surface area (Å²) in [6.45, 7) is 10.7. The number of aryl methyl sites for hydroxylation is 2. The van der Waals surface area contributed by atoms with Crippen LogP contribution in [0.25, 0.3) is 0 Å². The summed E-state index contributed by atoms with van der Waals surface area (Å²) >= 11 is 0. The van der Waals surface area contributed by atoms with E-state index in [2.05, 4.69) is 42.7 Å². The molecule has 0 amide bonds. The molecule has 3 rings (SSSR count). The van der Waals surface area contributed by atoms with Crippen LogP contribution in [0.4, 0.5) is 5.69 Å². The second-order valence-electron chi connectivity index (χ2n) is 7.98. The fraction of sp³-hybridized carbons (Fsp3) is 0.348. The molecule has 5 nitrogen and oxygen atoms in total. The van der Waals surface area contributed by atoms with Gasteiger partial charge in [0, 0.05) is 0 Å². The predicted molar refractivity (Wildman–Crippen MR) is 118 cm³/mol. The standard InChI is InChI=1S/C23H29N3O2S/c1-16(2)14-20-10-12-22(13-11-20)29(27,28)25-23-18(4)24-26(19(23)5)15-21-9-7-6-8-17(21)3/h6-13,16,25H,14-15H2,1-5H3. The van der Waals surface area contributed by atoms with Crippen LogP contribution in [-0.2, 0) is 23.0 Å². The first-order valence-electron chi connectivity index (χ1n) is 9.87. The highest BCUT2D eigenvalue weighted by Gasteiger charge is 2.20. The lowest BCUT2D eigenvalue weighted by Crippen LogP contribution is -2.14. The minimum Gasteiger partial charge on any atom is -0.276 e. The van der Waals surface area contributed by atoms with Gasteiger partial charge in [-0.2, -0.15) is 5.10 Å². The van der Waals surface area contributed by atoms with E-state index in [0.717, 1.165) is 23.2 Å². The van der Waals surface area contributed by atoms with Gasteiger partial charge in [-0.15, -0.1) is 0 Å². The van der Waals surface area contributed by atoms with E-state index in [1.54, 1.807) is 12.1 Å². The number of benzene rings is 2. The van der Waals surface area contributed by atoms with Crippen molar-refractivity contribution in [2.45, 2.75) is 52.5 Å². The van der Waals surface area contributed by atoms with Crippen LogP contribution in [0.1, 0.15) is 41.9 Å². The zero-order chi connectivity index (χ0) is 21.2. The van der Waals surface area contributed by atoms with Crippen molar-refractivity contribution in [2.75, 3.05) is 4.72 Å². The Morgan fingerprint density at radius 2 is 1.66 bits per heavy atom. The molecule has 154 valence electrons. The molecular formula is C23H29N3O2S. The van der Waals surface area contributed by atoms with Gasteiger partial charge in [0.1, 0.15) is 0 Å². The van der Waals surface area contributed by atoms with E-state index >= 15 is 0 Å². The number of sulfonamides is 1. The van der Waals surface area contributed by atoms with Crippen LogP contribution in [-0.4, -0.2) is 18.2 Å². The molecule has 0 unspecified atom stereocenters. The molecule has 1 N–H and O–H groups in total. The number of hydrogen-bond donors (Lipinski definition) is 1. The molecule has 0 spiro atoms. The Labute approximate surface area is 173 Å². The summed E-state index contributed by atoms with van der Waals surface area (Å²) in [6, 6.07) is 15.2. The van der Waals surface area contributed by atoms with Crippen LogP contribution < -0.4 is 4.72 Å². The summed E-state index contributed by atoms with van der Waals surface area (Å²) in [7, 11) is -3.67. The molecule has 0 aliphatic rings. The fourth-order valence-corrected chi connectivity index (χ4v) is 4.59. The minimum absolute atomic E-state index is 0.260. The van der Waals surface area contributed by atoms with Crippen LogP contribution in [0.15, 0.2) is 53.4 Å². The minimum atomic E-state index is -3.67. The second-order valence-corrected chi connectivity index (χ2v) is 9.66. The first-order chi connectivity index (χ1) is 13.7. The van der Waals surface area contributed by atoms with E-state index in [9.17, 15) is 8.42 Å². The molecule has 0 radical (unpaired) electrons. The lowest BCUT2D eigenvalue weighted by Gasteiger charge is -2.11. The quantitative estimate of drug-likeness (QED) is 0.604. The van der Waals surface area contributed by atoms with Crippen molar-refractivity contribution in [2.24, 2.45) is 5.92 Å². The molecule has 0 aliphatic carbocycles. The summed E-state index contributed by atoms with van der Waals surface area (Å²) in [5.74, 6) is 0.528. The smallest absolute Gasteiger partial charge is 0.262 e. The lowest BCUT2D eigenvalue weighted by atomic mass is 10.0. The zero-order valence-corrected chi connectivity index (χ0v) is 18.5. The number of nitrogens with zero attached hydrogens (tertiary/aromatic N) is 2. The fourth-order valence-electron chi connectivity index (χ4n) is 3.42. The predicted octanol–water partition coefficient (Wildman–Crippen LogP) is 4.86. The Bertz CT molecular complexity index is 1100. The molecule has 0 fully saturated rings. The van der Waals surface area contributed by atoms with E-state index < -0.39 is 10.0 Å². The number of rotatable bonds is 7. The molecule has 0 bridgehead atoms. The number of aromatic nitrogens is 2. The highest BCUT2D eigenvalue weighted by Crippen LogP contribution is 2.25. The van der Waals surface area contributed by atoms with Gasteiger partial charge in [-0.3, -0.25) is 9.40 Å².